The van der Waals surface area contributed by atoms with E-state index in [1.165, 1.54) is 28.6 Å². The molecule has 134 valence electrons. The summed E-state index contributed by atoms with van der Waals surface area (Å²) >= 11 is 1.30. The highest BCUT2D eigenvalue weighted by atomic mass is 32.2. The van der Waals surface area contributed by atoms with E-state index in [9.17, 15) is 9.90 Å². The van der Waals surface area contributed by atoms with Crippen molar-refractivity contribution in [3.05, 3.63) is 59.7 Å². The summed E-state index contributed by atoms with van der Waals surface area (Å²) in [5.41, 5.74) is 1.59. The number of methoxy groups -OCH3 is 1. The van der Waals surface area contributed by atoms with E-state index < -0.39 is 12.1 Å². The van der Waals surface area contributed by atoms with Gasteiger partial charge in [0.1, 0.15) is 5.75 Å². The molecule has 0 saturated heterocycles. The van der Waals surface area contributed by atoms with Crippen LogP contribution in [0.15, 0.2) is 53.7 Å². The van der Waals surface area contributed by atoms with Crippen molar-refractivity contribution in [2.45, 2.75) is 11.3 Å². The monoisotopic (exact) mass is 372 g/mol. The first kappa shape index (κ1) is 17.9. The summed E-state index contributed by atoms with van der Waals surface area (Å²) in [6.07, 6.45) is -0.689. The fourth-order valence-electron chi connectivity index (χ4n) is 2.25. The lowest BCUT2D eigenvalue weighted by Gasteiger charge is -2.11. The minimum atomic E-state index is -0.995. The molecule has 3 aromatic rings. The van der Waals surface area contributed by atoms with Gasteiger partial charge in [0.05, 0.1) is 24.5 Å². The number of thioether (sulfide) groups is 1. The molecule has 0 amide bonds. The molecule has 0 bridgehead atoms. The number of aromatic carboxylic acids is 1. The van der Waals surface area contributed by atoms with Gasteiger partial charge in [0.15, 0.2) is 0 Å². The third-order valence-corrected chi connectivity index (χ3v) is 4.67. The first-order valence-corrected chi connectivity index (χ1v) is 8.64. The topological polar surface area (TPSA) is 110 Å². The van der Waals surface area contributed by atoms with Gasteiger partial charge in [-0.1, -0.05) is 23.9 Å². The number of hydrogen-bond acceptors (Lipinski definition) is 7. The number of nitrogens with zero attached hydrogens (tertiary/aromatic N) is 4. The zero-order valence-corrected chi connectivity index (χ0v) is 14.6. The van der Waals surface area contributed by atoms with Crippen LogP contribution in [0, 0.1) is 0 Å². The molecule has 2 aromatic carbocycles. The lowest BCUT2D eigenvalue weighted by atomic mass is 10.1. The Kier molecular flexibility index (Phi) is 5.49. The van der Waals surface area contributed by atoms with Crippen LogP contribution in [0.25, 0.3) is 5.69 Å². The molecule has 0 aliphatic carbocycles. The van der Waals surface area contributed by atoms with Crippen molar-refractivity contribution in [2.75, 3.05) is 12.9 Å². The lowest BCUT2D eigenvalue weighted by molar-refractivity contribution is 0.0697. The highest BCUT2D eigenvalue weighted by molar-refractivity contribution is 7.99. The largest absolute Gasteiger partial charge is 0.497 e. The second kappa shape index (κ2) is 7.98. The SMILES string of the molecule is COc1ccc(C(O)CSc2nnnn2-c2ccc(C(=O)O)cc2)cc1. The molecule has 9 heteroatoms. The normalized spacial score (nSPS) is 11.9. The zero-order chi connectivity index (χ0) is 18.5. The maximum absolute atomic E-state index is 10.9. The van der Waals surface area contributed by atoms with Gasteiger partial charge >= 0.3 is 5.97 Å². The van der Waals surface area contributed by atoms with Crippen LogP contribution < -0.4 is 4.74 Å². The number of tetrazole rings is 1. The van der Waals surface area contributed by atoms with Crippen molar-refractivity contribution in [1.29, 1.82) is 0 Å². The second-order valence-corrected chi connectivity index (χ2v) is 6.31. The van der Waals surface area contributed by atoms with Crippen LogP contribution in [-0.4, -0.2) is 49.3 Å². The molecule has 1 atom stereocenters. The van der Waals surface area contributed by atoms with Gasteiger partial charge in [-0.15, -0.1) is 5.10 Å². The quantitative estimate of drug-likeness (QED) is 0.607. The van der Waals surface area contributed by atoms with E-state index in [2.05, 4.69) is 15.5 Å². The average molecular weight is 372 g/mol. The molecular weight excluding hydrogens is 356 g/mol. The molecule has 1 unspecified atom stereocenters. The summed E-state index contributed by atoms with van der Waals surface area (Å²) in [5, 5.41) is 31.3. The van der Waals surface area contributed by atoms with Gasteiger partial charge in [0.25, 0.3) is 0 Å². The summed E-state index contributed by atoms with van der Waals surface area (Å²) in [6.45, 7) is 0. The molecule has 0 spiro atoms. The molecule has 1 aromatic heterocycles. The lowest BCUT2D eigenvalue weighted by Crippen LogP contribution is -2.04. The van der Waals surface area contributed by atoms with Crippen LogP contribution in [-0.2, 0) is 0 Å². The molecular formula is C17H16N4O4S. The number of ether oxygens (including phenoxy) is 1. The molecule has 0 radical (unpaired) electrons. The van der Waals surface area contributed by atoms with E-state index in [1.54, 1.807) is 43.5 Å². The zero-order valence-electron chi connectivity index (χ0n) is 13.8. The fraction of sp³-hybridized carbons (Fsp3) is 0.176. The number of aliphatic hydroxyl groups is 1. The van der Waals surface area contributed by atoms with E-state index in [0.717, 1.165) is 11.3 Å². The number of aliphatic hydroxyl groups excluding tert-OH is 1. The van der Waals surface area contributed by atoms with Crippen LogP contribution in [0.3, 0.4) is 0 Å². The standard InChI is InChI=1S/C17H16N4O4S/c1-25-14-8-4-11(5-9-14)15(22)10-26-17-18-19-20-21(17)13-6-2-12(3-7-13)16(23)24/h2-9,15,22H,10H2,1H3,(H,23,24). The summed E-state index contributed by atoms with van der Waals surface area (Å²) in [7, 11) is 1.59. The smallest absolute Gasteiger partial charge is 0.335 e. The predicted molar refractivity (Wildman–Crippen MR) is 94.8 cm³/mol. The van der Waals surface area contributed by atoms with Crippen LogP contribution >= 0.6 is 11.8 Å². The minimum absolute atomic E-state index is 0.186. The van der Waals surface area contributed by atoms with Crippen molar-refractivity contribution in [1.82, 2.24) is 20.2 Å². The van der Waals surface area contributed by atoms with E-state index in [0.29, 0.717) is 16.6 Å². The van der Waals surface area contributed by atoms with Crippen LogP contribution in [0.2, 0.25) is 0 Å². The summed E-state index contributed by atoms with van der Waals surface area (Å²) in [5.74, 6) is 0.0905. The highest BCUT2D eigenvalue weighted by Gasteiger charge is 2.14. The average Bonchev–Trinajstić information content (AvgIpc) is 3.15. The maximum Gasteiger partial charge on any atom is 0.335 e. The van der Waals surface area contributed by atoms with Gasteiger partial charge in [-0.05, 0) is 52.4 Å². The Labute approximate surface area is 153 Å². The Morgan fingerprint density at radius 3 is 2.50 bits per heavy atom. The maximum atomic E-state index is 10.9. The minimum Gasteiger partial charge on any atom is -0.497 e. The molecule has 0 fully saturated rings. The van der Waals surface area contributed by atoms with Crippen LogP contribution in [0.4, 0.5) is 0 Å². The van der Waals surface area contributed by atoms with Crippen molar-refractivity contribution < 1.29 is 19.7 Å². The molecule has 3 rings (SSSR count). The van der Waals surface area contributed by atoms with Gasteiger partial charge in [0.2, 0.25) is 5.16 Å². The van der Waals surface area contributed by atoms with Crippen molar-refractivity contribution in [2.24, 2.45) is 0 Å². The van der Waals surface area contributed by atoms with Crippen molar-refractivity contribution >= 4 is 17.7 Å². The first-order valence-electron chi connectivity index (χ1n) is 7.65. The van der Waals surface area contributed by atoms with Gasteiger partial charge in [-0.3, -0.25) is 0 Å². The predicted octanol–water partition coefficient (Wildman–Crippen LogP) is 2.19. The Balaban J connectivity index is 1.69. The summed E-state index contributed by atoms with van der Waals surface area (Å²) < 4.78 is 6.60. The summed E-state index contributed by atoms with van der Waals surface area (Å²) in [6, 6.07) is 13.4. The molecule has 1 heterocycles. The number of carbonyl (C=O) groups is 1. The third-order valence-electron chi connectivity index (χ3n) is 3.67. The van der Waals surface area contributed by atoms with Crippen molar-refractivity contribution in [3.63, 3.8) is 0 Å². The number of hydrogen-bond donors (Lipinski definition) is 2. The highest BCUT2D eigenvalue weighted by Crippen LogP contribution is 2.25. The fourth-order valence-corrected chi connectivity index (χ4v) is 3.11. The Bertz CT molecular complexity index is 881. The third kappa shape index (κ3) is 4.01. The Morgan fingerprint density at radius 2 is 1.88 bits per heavy atom. The number of carboxylic acid groups (broad SMARTS) is 1. The number of aromatic nitrogens is 4. The van der Waals surface area contributed by atoms with Gasteiger partial charge in [-0.25, -0.2) is 4.79 Å². The van der Waals surface area contributed by atoms with Gasteiger partial charge < -0.3 is 14.9 Å². The molecule has 8 nitrogen and oxygen atoms in total. The van der Waals surface area contributed by atoms with Crippen LogP contribution in [0.1, 0.15) is 22.0 Å². The Morgan fingerprint density at radius 1 is 1.19 bits per heavy atom. The molecule has 26 heavy (non-hydrogen) atoms. The molecule has 0 saturated carbocycles. The number of rotatable bonds is 7. The molecule has 0 aliphatic rings. The van der Waals surface area contributed by atoms with Gasteiger partial charge in [-0.2, -0.15) is 4.68 Å². The summed E-state index contributed by atoms with van der Waals surface area (Å²) in [4.78, 5) is 10.9. The molecule has 2 N–H and O–H groups in total. The van der Waals surface area contributed by atoms with Gasteiger partial charge in [0, 0.05) is 5.75 Å². The van der Waals surface area contributed by atoms with Crippen molar-refractivity contribution in [3.8, 4) is 11.4 Å². The van der Waals surface area contributed by atoms with E-state index in [1.807, 2.05) is 0 Å². The van der Waals surface area contributed by atoms with E-state index >= 15 is 0 Å². The van der Waals surface area contributed by atoms with E-state index in [-0.39, 0.29) is 5.56 Å². The van der Waals surface area contributed by atoms with E-state index in [4.69, 9.17) is 9.84 Å². The first-order chi connectivity index (χ1) is 12.6. The second-order valence-electron chi connectivity index (χ2n) is 5.33. The molecule has 0 aliphatic heterocycles. The number of carboxylic acids is 1. The number of benzene rings is 2. The van der Waals surface area contributed by atoms with Crippen LogP contribution in [0.5, 0.6) is 5.75 Å². The Hall–Kier alpha value is -2.91.